The highest BCUT2D eigenvalue weighted by atomic mass is 32.1. The standard InChI is InChI=1S/C14H13N3O3S/c18-12-8-16-14(20)17(12)6-5-15-13(19)11-7-9-3-1-2-4-10(9)21-11/h1-4,7H,5-6,8H2,(H,15,19)(H,16,20). The molecule has 0 unspecified atom stereocenters. The van der Waals surface area contributed by atoms with Crippen LogP contribution in [0.25, 0.3) is 10.1 Å². The third kappa shape index (κ3) is 2.73. The number of thiophene rings is 1. The summed E-state index contributed by atoms with van der Waals surface area (Å²) >= 11 is 1.42. The SMILES string of the molecule is O=C(NCCN1C(=O)CNC1=O)c1cc2ccccc2s1. The number of nitrogens with zero attached hydrogens (tertiary/aromatic N) is 1. The summed E-state index contributed by atoms with van der Waals surface area (Å²) in [4.78, 5) is 36.5. The number of carbonyl (C=O) groups is 3. The van der Waals surface area contributed by atoms with Crippen molar-refractivity contribution in [2.45, 2.75) is 0 Å². The number of benzene rings is 1. The van der Waals surface area contributed by atoms with E-state index in [2.05, 4.69) is 10.6 Å². The van der Waals surface area contributed by atoms with E-state index >= 15 is 0 Å². The number of urea groups is 1. The van der Waals surface area contributed by atoms with Gasteiger partial charge in [-0.15, -0.1) is 11.3 Å². The average Bonchev–Trinajstić information content (AvgIpc) is 3.04. The average molecular weight is 303 g/mol. The molecule has 21 heavy (non-hydrogen) atoms. The lowest BCUT2D eigenvalue weighted by molar-refractivity contribution is -0.124. The molecule has 6 nitrogen and oxygen atoms in total. The lowest BCUT2D eigenvalue weighted by Crippen LogP contribution is -2.38. The van der Waals surface area contributed by atoms with Gasteiger partial charge in [0.2, 0.25) is 5.91 Å². The van der Waals surface area contributed by atoms with E-state index in [9.17, 15) is 14.4 Å². The van der Waals surface area contributed by atoms with Crippen molar-refractivity contribution < 1.29 is 14.4 Å². The van der Waals surface area contributed by atoms with Crippen LogP contribution in [0.1, 0.15) is 9.67 Å². The maximum Gasteiger partial charge on any atom is 0.324 e. The number of nitrogens with one attached hydrogen (secondary N) is 2. The van der Waals surface area contributed by atoms with Crippen molar-refractivity contribution in [3.05, 3.63) is 35.2 Å². The Morgan fingerprint density at radius 1 is 1.33 bits per heavy atom. The monoisotopic (exact) mass is 303 g/mol. The zero-order valence-corrected chi connectivity index (χ0v) is 11.9. The van der Waals surface area contributed by atoms with Gasteiger partial charge in [-0.05, 0) is 17.5 Å². The van der Waals surface area contributed by atoms with Crippen molar-refractivity contribution in [1.82, 2.24) is 15.5 Å². The van der Waals surface area contributed by atoms with E-state index in [1.807, 2.05) is 30.3 Å². The number of imide groups is 1. The van der Waals surface area contributed by atoms with Gasteiger partial charge in [0.1, 0.15) is 0 Å². The van der Waals surface area contributed by atoms with Crippen LogP contribution in [-0.2, 0) is 4.79 Å². The molecule has 0 saturated carbocycles. The van der Waals surface area contributed by atoms with Crippen molar-refractivity contribution in [2.24, 2.45) is 0 Å². The number of amides is 4. The third-order valence-electron chi connectivity index (χ3n) is 3.21. The van der Waals surface area contributed by atoms with Crippen LogP contribution in [0, 0.1) is 0 Å². The van der Waals surface area contributed by atoms with Gasteiger partial charge in [-0.1, -0.05) is 18.2 Å². The topological polar surface area (TPSA) is 78.5 Å². The number of fused-ring (bicyclic) bond motifs is 1. The first-order valence-electron chi connectivity index (χ1n) is 6.50. The third-order valence-corrected chi connectivity index (χ3v) is 4.32. The van der Waals surface area contributed by atoms with E-state index in [1.165, 1.54) is 11.3 Å². The lowest BCUT2D eigenvalue weighted by atomic mass is 10.2. The Labute approximate surface area is 124 Å². The van der Waals surface area contributed by atoms with Gasteiger partial charge in [0.05, 0.1) is 11.4 Å². The van der Waals surface area contributed by atoms with E-state index < -0.39 is 6.03 Å². The minimum atomic E-state index is -0.406. The molecule has 1 aliphatic rings. The van der Waals surface area contributed by atoms with E-state index in [-0.39, 0.29) is 31.4 Å². The molecule has 1 aliphatic heterocycles. The minimum absolute atomic E-state index is 0.0308. The molecule has 1 fully saturated rings. The molecule has 0 atom stereocenters. The molecular formula is C14H13N3O3S. The molecular weight excluding hydrogens is 290 g/mol. The molecule has 0 bridgehead atoms. The van der Waals surface area contributed by atoms with E-state index in [0.29, 0.717) is 4.88 Å². The lowest BCUT2D eigenvalue weighted by Gasteiger charge is -2.12. The van der Waals surface area contributed by atoms with Crippen LogP contribution in [0.2, 0.25) is 0 Å². The molecule has 4 amide bonds. The van der Waals surface area contributed by atoms with Gasteiger partial charge in [-0.25, -0.2) is 4.79 Å². The summed E-state index contributed by atoms with van der Waals surface area (Å²) in [6.45, 7) is 0.455. The second kappa shape index (κ2) is 5.53. The van der Waals surface area contributed by atoms with Gasteiger partial charge in [0.25, 0.3) is 5.91 Å². The molecule has 108 valence electrons. The Balaban J connectivity index is 1.59. The van der Waals surface area contributed by atoms with Gasteiger partial charge >= 0.3 is 6.03 Å². The molecule has 3 rings (SSSR count). The largest absolute Gasteiger partial charge is 0.350 e. The van der Waals surface area contributed by atoms with E-state index in [0.717, 1.165) is 15.0 Å². The molecule has 0 aliphatic carbocycles. The van der Waals surface area contributed by atoms with Crippen molar-refractivity contribution in [2.75, 3.05) is 19.6 Å². The summed E-state index contributed by atoms with van der Waals surface area (Å²) < 4.78 is 1.05. The number of rotatable bonds is 4. The Morgan fingerprint density at radius 3 is 2.86 bits per heavy atom. The Morgan fingerprint density at radius 2 is 2.14 bits per heavy atom. The predicted molar refractivity (Wildman–Crippen MR) is 79.3 cm³/mol. The quantitative estimate of drug-likeness (QED) is 0.833. The predicted octanol–water partition coefficient (Wildman–Crippen LogP) is 1.18. The molecule has 1 saturated heterocycles. The highest BCUT2D eigenvalue weighted by molar-refractivity contribution is 7.20. The zero-order valence-electron chi connectivity index (χ0n) is 11.1. The van der Waals surface area contributed by atoms with Crippen LogP contribution in [0.5, 0.6) is 0 Å². The Kier molecular flexibility index (Phi) is 3.57. The van der Waals surface area contributed by atoms with Crippen LogP contribution < -0.4 is 10.6 Å². The summed E-state index contributed by atoms with van der Waals surface area (Å²) in [6.07, 6.45) is 0. The summed E-state index contributed by atoms with van der Waals surface area (Å²) in [5.74, 6) is -0.459. The minimum Gasteiger partial charge on any atom is -0.350 e. The molecule has 2 heterocycles. The van der Waals surface area contributed by atoms with Crippen molar-refractivity contribution in [3.8, 4) is 0 Å². The maximum absolute atomic E-state index is 12.0. The van der Waals surface area contributed by atoms with Crippen molar-refractivity contribution in [1.29, 1.82) is 0 Å². The second-order valence-corrected chi connectivity index (χ2v) is 5.69. The molecule has 7 heteroatoms. The highest BCUT2D eigenvalue weighted by Crippen LogP contribution is 2.24. The number of hydrogen-bond acceptors (Lipinski definition) is 4. The fraction of sp³-hybridized carbons (Fsp3) is 0.214. The van der Waals surface area contributed by atoms with Crippen LogP contribution in [0.15, 0.2) is 30.3 Å². The van der Waals surface area contributed by atoms with Gasteiger partial charge in [0.15, 0.2) is 0 Å². The molecule has 0 spiro atoms. The second-order valence-electron chi connectivity index (χ2n) is 4.61. The fourth-order valence-corrected chi connectivity index (χ4v) is 3.12. The van der Waals surface area contributed by atoms with Gasteiger partial charge in [0, 0.05) is 17.8 Å². The first kappa shape index (κ1) is 13.6. The normalized spacial score (nSPS) is 14.6. The Hall–Kier alpha value is -2.41. The number of hydrogen-bond donors (Lipinski definition) is 2. The number of carbonyl (C=O) groups excluding carboxylic acids is 3. The first-order valence-corrected chi connectivity index (χ1v) is 7.32. The molecule has 1 aromatic carbocycles. The molecule has 2 aromatic rings. The molecule has 0 radical (unpaired) electrons. The Bertz CT molecular complexity index is 676. The van der Waals surface area contributed by atoms with Crippen molar-refractivity contribution >= 4 is 39.3 Å². The maximum atomic E-state index is 12.0. The fourth-order valence-electron chi connectivity index (χ4n) is 2.14. The first-order chi connectivity index (χ1) is 10.1. The summed E-state index contributed by atoms with van der Waals surface area (Å²) in [5.41, 5.74) is 0. The van der Waals surface area contributed by atoms with E-state index in [4.69, 9.17) is 0 Å². The van der Waals surface area contributed by atoms with Crippen LogP contribution >= 0.6 is 11.3 Å². The van der Waals surface area contributed by atoms with Gasteiger partial charge < -0.3 is 10.6 Å². The van der Waals surface area contributed by atoms with Crippen LogP contribution in [-0.4, -0.2) is 42.4 Å². The zero-order chi connectivity index (χ0) is 14.8. The van der Waals surface area contributed by atoms with Crippen LogP contribution in [0.4, 0.5) is 4.79 Å². The van der Waals surface area contributed by atoms with E-state index in [1.54, 1.807) is 0 Å². The summed E-state index contributed by atoms with van der Waals surface area (Å²) in [7, 11) is 0. The van der Waals surface area contributed by atoms with Gasteiger partial charge in [-0.2, -0.15) is 0 Å². The van der Waals surface area contributed by atoms with Crippen molar-refractivity contribution in [3.63, 3.8) is 0 Å². The summed E-state index contributed by atoms with van der Waals surface area (Å²) in [5, 5.41) is 6.19. The highest BCUT2D eigenvalue weighted by Gasteiger charge is 2.27. The van der Waals surface area contributed by atoms with Gasteiger partial charge in [-0.3, -0.25) is 14.5 Å². The smallest absolute Gasteiger partial charge is 0.324 e. The molecule has 2 N–H and O–H groups in total. The van der Waals surface area contributed by atoms with Crippen LogP contribution in [0.3, 0.4) is 0 Å². The molecule has 1 aromatic heterocycles. The summed E-state index contributed by atoms with van der Waals surface area (Å²) in [6, 6.07) is 9.20.